The normalized spacial score (nSPS) is 18.9. The first-order valence-electron chi connectivity index (χ1n) is 6.83. The molecule has 1 aliphatic heterocycles. The van der Waals surface area contributed by atoms with Crippen LogP contribution in [0.3, 0.4) is 0 Å². The second-order valence-electron chi connectivity index (χ2n) is 4.80. The number of aryl methyl sites for hydroxylation is 1. The molecule has 0 unspecified atom stereocenters. The van der Waals surface area contributed by atoms with Crippen molar-refractivity contribution in [1.29, 1.82) is 0 Å². The average Bonchev–Trinajstić information content (AvgIpc) is 2.90. The van der Waals surface area contributed by atoms with Gasteiger partial charge in [-0.3, -0.25) is 9.59 Å². The number of amides is 2. The highest BCUT2D eigenvalue weighted by atomic mass is 16.5. The standard InChI is InChI=1S/C14H20N2O4/c1-3-11-9-19-7-5-16(11)13(17)8-15-14(18)12-4-6-20-10(12)2/h4,6,11H,3,5,7-9H2,1-2H3,(H,15,18)/t11-/m1/s1. The lowest BCUT2D eigenvalue weighted by Crippen LogP contribution is -2.51. The highest BCUT2D eigenvalue weighted by Crippen LogP contribution is 2.11. The lowest BCUT2D eigenvalue weighted by molar-refractivity contribution is -0.138. The summed E-state index contributed by atoms with van der Waals surface area (Å²) in [7, 11) is 0. The largest absolute Gasteiger partial charge is 0.469 e. The van der Waals surface area contributed by atoms with E-state index in [0.717, 1.165) is 6.42 Å². The summed E-state index contributed by atoms with van der Waals surface area (Å²) in [5.74, 6) is 0.188. The quantitative estimate of drug-likeness (QED) is 0.891. The number of carbonyl (C=O) groups is 2. The van der Waals surface area contributed by atoms with E-state index in [0.29, 0.717) is 31.1 Å². The van der Waals surface area contributed by atoms with Crippen LogP contribution in [0.25, 0.3) is 0 Å². The summed E-state index contributed by atoms with van der Waals surface area (Å²) in [5.41, 5.74) is 0.465. The number of rotatable bonds is 4. The summed E-state index contributed by atoms with van der Waals surface area (Å²) in [6, 6.07) is 1.70. The van der Waals surface area contributed by atoms with E-state index in [1.54, 1.807) is 17.9 Å². The molecule has 0 aliphatic carbocycles. The highest BCUT2D eigenvalue weighted by molar-refractivity contribution is 5.97. The third-order valence-electron chi connectivity index (χ3n) is 3.52. The fourth-order valence-electron chi connectivity index (χ4n) is 2.29. The Morgan fingerprint density at radius 1 is 1.50 bits per heavy atom. The van der Waals surface area contributed by atoms with Gasteiger partial charge in [0.15, 0.2) is 0 Å². The van der Waals surface area contributed by atoms with Crippen LogP contribution < -0.4 is 5.32 Å². The molecule has 2 amide bonds. The summed E-state index contributed by atoms with van der Waals surface area (Å²) < 4.78 is 10.4. The first-order chi connectivity index (χ1) is 9.63. The number of furan rings is 1. The molecule has 1 aromatic rings. The Balaban J connectivity index is 1.88. The molecule has 20 heavy (non-hydrogen) atoms. The van der Waals surface area contributed by atoms with Gasteiger partial charge in [-0.2, -0.15) is 0 Å². The average molecular weight is 280 g/mol. The number of nitrogens with one attached hydrogen (secondary N) is 1. The first-order valence-corrected chi connectivity index (χ1v) is 6.83. The third-order valence-corrected chi connectivity index (χ3v) is 3.52. The van der Waals surface area contributed by atoms with Crippen LogP contribution in [-0.2, 0) is 9.53 Å². The van der Waals surface area contributed by atoms with Crippen molar-refractivity contribution in [1.82, 2.24) is 10.2 Å². The van der Waals surface area contributed by atoms with Gasteiger partial charge in [0, 0.05) is 6.54 Å². The van der Waals surface area contributed by atoms with E-state index in [9.17, 15) is 9.59 Å². The monoisotopic (exact) mass is 280 g/mol. The van der Waals surface area contributed by atoms with Gasteiger partial charge in [-0.05, 0) is 19.4 Å². The summed E-state index contributed by atoms with van der Waals surface area (Å²) in [6.07, 6.45) is 2.31. The second-order valence-corrected chi connectivity index (χ2v) is 4.80. The SMILES string of the molecule is CC[C@@H]1COCCN1C(=O)CNC(=O)c1ccoc1C. The molecule has 0 aromatic carbocycles. The predicted octanol–water partition coefficient (Wildman–Crippen LogP) is 0.955. The number of carbonyl (C=O) groups excluding carboxylic acids is 2. The molecule has 2 heterocycles. The Kier molecular flexibility index (Phi) is 4.79. The van der Waals surface area contributed by atoms with Gasteiger partial charge in [-0.15, -0.1) is 0 Å². The van der Waals surface area contributed by atoms with Crippen molar-refractivity contribution in [2.24, 2.45) is 0 Å². The zero-order valence-corrected chi connectivity index (χ0v) is 11.8. The maximum atomic E-state index is 12.2. The van der Waals surface area contributed by atoms with E-state index in [2.05, 4.69) is 5.32 Å². The molecule has 1 N–H and O–H groups in total. The molecule has 0 spiro atoms. The van der Waals surface area contributed by atoms with Crippen LogP contribution in [-0.4, -0.2) is 49.1 Å². The Hall–Kier alpha value is -1.82. The number of morpholine rings is 1. The van der Waals surface area contributed by atoms with Gasteiger partial charge in [-0.25, -0.2) is 0 Å². The lowest BCUT2D eigenvalue weighted by Gasteiger charge is -2.35. The minimum absolute atomic E-state index is 0.0000463. The Morgan fingerprint density at radius 2 is 2.30 bits per heavy atom. The van der Waals surface area contributed by atoms with Crippen LogP contribution in [0.5, 0.6) is 0 Å². The molecule has 1 saturated heterocycles. The van der Waals surface area contributed by atoms with E-state index in [1.807, 2.05) is 6.92 Å². The summed E-state index contributed by atoms with van der Waals surface area (Å²) in [4.78, 5) is 25.8. The maximum Gasteiger partial charge on any atom is 0.255 e. The number of nitrogens with zero attached hydrogens (tertiary/aromatic N) is 1. The highest BCUT2D eigenvalue weighted by Gasteiger charge is 2.26. The minimum atomic E-state index is -0.286. The van der Waals surface area contributed by atoms with Gasteiger partial charge in [-0.1, -0.05) is 6.92 Å². The van der Waals surface area contributed by atoms with Gasteiger partial charge in [0.05, 0.1) is 37.6 Å². The van der Waals surface area contributed by atoms with Crippen LogP contribution in [0.1, 0.15) is 29.5 Å². The van der Waals surface area contributed by atoms with Crippen molar-refractivity contribution in [2.75, 3.05) is 26.3 Å². The predicted molar refractivity (Wildman–Crippen MR) is 72.4 cm³/mol. The maximum absolute atomic E-state index is 12.2. The molecule has 0 radical (unpaired) electrons. The van der Waals surface area contributed by atoms with Gasteiger partial charge >= 0.3 is 0 Å². The van der Waals surface area contributed by atoms with Crippen molar-refractivity contribution in [3.63, 3.8) is 0 Å². The molecular weight excluding hydrogens is 260 g/mol. The Labute approximate surface area is 118 Å². The second kappa shape index (κ2) is 6.56. The summed E-state index contributed by atoms with van der Waals surface area (Å²) in [5, 5.41) is 2.64. The Morgan fingerprint density at radius 3 is 2.95 bits per heavy atom. The summed E-state index contributed by atoms with van der Waals surface area (Å²) >= 11 is 0. The number of hydrogen-bond donors (Lipinski definition) is 1. The van der Waals surface area contributed by atoms with Crippen molar-refractivity contribution in [3.8, 4) is 0 Å². The van der Waals surface area contributed by atoms with E-state index >= 15 is 0 Å². The van der Waals surface area contributed by atoms with E-state index < -0.39 is 0 Å². The molecule has 6 heteroatoms. The van der Waals surface area contributed by atoms with Gasteiger partial charge < -0.3 is 19.4 Å². The molecule has 2 rings (SSSR count). The Bertz CT molecular complexity index is 483. The molecule has 1 aromatic heterocycles. The number of hydrogen-bond acceptors (Lipinski definition) is 4. The van der Waals surface area contributed by atoms with Crippen molar-refractivity contribution >= 4 is 11.8 Å². The van der Waals surface area contributed by atoms with E-state index in [1.165, 1.54) is 6.26 Å². The molecule has 1 fully saturated rings. The van der Waals surface area contributed by atoms with E-state index in [-0.39, 0.29) is 24.4 Å². The van der Waals surface area contributed by atoms with Crippen LogP contribution >= 0.6 is 0 Å². The van der Waals surface area contributed by atoms with Crippen LogP contribution in [0, 0.1) is 6.92 Å². The molecule has 0 bridgehead atoms. The smallest absolute Gasteiger partial charge is 0.255 e. The van der Waals surface area contributed by atoms with Gasteiger partial charge in [0.1, 0.15) is 5.76 Å². The zero-order valence-electron chi connectivity index (χ0n) is 11.8. The molecular formula is C14H20N2O4. The topological polar surface area (TPSA) is 71.8 Å². The van der Waals surface area contributed by atoms with Crippen molar-refractivity contribution < 1.29 is 18.7 Å². The summed E-state index contributed by atoms with van der Waals surface area (Å²) in [6.45, 7) is 5.44. The third kappa shape index (κ3) is 3.19. The molecule has 1 aliphatic rings. The lowest BCUT2D eigenvalue weighted by atomic mass is 10.1. The van der Waals surface area contributed by atoms with Crippen LogP contribution in [0.2, 0.25) is 0 Å². The van der Waals surface area contributed by atoms with Crippen molar-refractivity contribution in [2.45, 2.75) is 26.3 Å². The van der Waals surface area contributed by atoms with Crippen molar-refractivity contribution in [3.05, 3.63) is 23.7 Å². The van der Waals surface area contributed by atoms with Crippen LogP contribution in [0.15, 0.2) is 16.7 Å². The van der Waals surface area contributed by atoms with Gasteiger partial charge in [0.25, 0.3) is 5.91 Å². The molecule has 0 saturated carbocycles. The number of ether oxygens (including phenoxy) is 1. The van der Waals surface area contributed by atoms with E-state index in [4.69, 9.17) is 9.15 Å². The van der Waals surface area contributed by atoms with Crippen LogP contribution in [0.4, 0.5) is 0 Å². The zero-order chi connectivity index (χ0) is 14.5. The molecule has 110 valence electrons. The van der Waals surface area contributed by atoms with Gasteiger partial charge in [0.2, 0.25) is 5.91 Å². The first kappa shape index (κ1) is 14.6. The minimum Gasteiger partial charge on any atom is -0.469 e. The molecule has 6 nitrogen and oxygen atoms in total. The molecule has 1 atom stereocenters. The fraction of sp³-hybridized carbons (Fsp3) is 0.571. The fourth-order valence-corrected chi connectivity index (χ4v) is 2.29.